The monoisotopic (exact) mass is 612 g/mol. The molecule has 4 rings (SSSR count). The predicted molar refractivity (Wildman–Crippen MR) is 166 cm³/mol. The van der Waals surface area contributed by atoms with Gasteiger partial charge in [-0.15, -0.1) is 0 Å². The largest absolute Gasteiger partial charge is 0.468 e. The Labute approximate surface area is 256 Å². The fraction of sp³-hybridized carbons (Fsp3) is 0.688. The first-order chi connectivity index (χ1) is 20.1. The van der Waals surface area contributed by atoms with Gasteiger partial charge >= 0.3 is 5.97 Å². The van der Waals surface area contributed by atoms with Crippen molar-refractivity contribution in [2.75, 3.05) is 39.1 Å². The molecule has 3 atom stereocenters. The number of esters is 1. The number of ether oxygens (including phenoxy) is 1. The number of carbonyl (C=O) groups is 4. The van der Waals surface area contributed by atoms with E-state index in [-0.39, 0.29) is 29.4 Å². The number of nitrogens with zero attached hydrogens (tertiary/aromatic N) is 1. The minimum atomic E-state index is -0.552. The Morgan fingerprint density at radius 2 is 1.81 bits per heavy atom. The van der Waals surface area contributed by atoms with Crippen LogP contribution < -0.4 is 16.0 Å². The molecule has 2 heterocycles. The zero-order valence-corrected chi connectivity index (χ0v) is 27.5. The van der Waals surface area contributed by atoms with Crippen molar-refractivity contribution in [2.24, 2.45) is 23.2 Å². The first kappa shape index (κ1) is 39.9. The molecule has 3 unspecified atom stereocenters. The molecular weight excluding hydrogens is 558 g/mol. The highest BCUT2D eigenvalue weighted by Crippen LogP contribution is 2.46. The van der Waals surface area contributed by atoms with Gasteiger partial charge in [0.2, 0.25) is 12.3 Å². The number of benzene rings is 1. The van der Waals surface area contributed by atoms with E-state index >= 15 is 0 Å². The average molecular weight is 613 g/mol. The van der Waals surface area contributed by atoms with Gasteiger partial charge in [0, 0.05) is 37.2 Å². The molecule has 0 radical (unpaired) electrons. The predicted octanol–water partition coefficient (Wildman–Crippen LogP) is 4.80. The summed E-state index contributed by atoms with van der Waals surface area (Å²) in [5, 5.41) is 8.68. The lowest BCUT2D eigenvalue weighted by Gasteiger charge is -2.20. The van der Waals surface area contributed by atoms with Crippen LogP contribution in [0.1, 0.15) is 74.1 Å². The van der Waals surface area contributed by atoms with Crippen LogP contribution in [0, 0.1) is 34.8 Å². The molecule has 246 valence electrons. The Bertz CT molecular complexity index is 1000. The first-order valence-corrected chi connectivity index (χ1v) is 14.9. The molecule has 43 heavy (non-hydrogen) atoms. The van der Waals surface area contributed by atoms with Crippen LogP contribution in [0.25, 0.3) is 0 Å². The van der Waals surface area contributed by atoms with Gasteiger partial charge in [0.05, 0.1) is 12.8 Å². The molecule has 1 aromatic carbocycles. The quantitative estimate of drug-likeness (QED) is 0.299. The second-order valence-electron chi connectivity index (χ2n) is 12.6. The molecule has 1 saturated carbocycles. The molecule has 11 heteroatoms. The molecule has 1 spiro atoms. The Hall–Kier alpha value is -3.08. The molecule has 2 aliphatic heterocycles. The highest BCUT2D eigenvalue weighted by Gasteiger charge is 2.52. The number of rotatable bonds is 7. The minimum Gasteiger partial charge on any atom is -0.468 e. The fourth-order valence-electron chi connectivity index (χ4n) is 4.65. The Balaban J connectivity index is 0.000000579. The number of hydrogen-bond acceptors (Lipinski definition) is 7. The Morgan fingerprint density at radius 1 is 1.23 bits per heavy atom. The maximum atomic E-state index is 12.7. The summed E-state index contributed by atoms with van der Waals surface area (Å²) in [4.78, 5) is 43.3. The van der Waals surface area contributed by atoms with E-state index in [0.29, 0.717) is 30.0 Å². The summed E-state index contributed by atoms with van der Waals surface area (Å²) in [6.07, 6.45) is 4.50. The van der Waals surface area contributed by atoms with Gasteiger partial charge in [-0.05, 0) is 69.0 Å². The van der Waals surface area contributed by atoms with Gasteiger partial charge in [-0.1, -0.05) is 41.5 Å². The summed E-state index contributed by atoms with van der Waals surface area (Å²) in [7, 11) is 3.07. The minimum absolute atomic E-state index is 0.0564. The highest BCUT2D eigenvalue weighted by molar-refractivity contribution is 5.84. The third kappa shape index (κ3) is 14.3. The summed E-state index contributed by atoms with van der Waals surface area (Å²) in [6.45, 7) is 19.4. The van der Waals surface area contributed by atoms with Gasteiger partial charge in [-0.25, -0.2) is 8.78 Å². The summed E-state index contributed by atoms with van der Waals surface area (Å²) < 4.78 is 29.7. The SMILES string of the molecule is C=O.CC(C)C.CC1CN(C=O)CC1(C)C.CCNc1ccc(F)cc1F.CNC(CC1CC2(CC2)NC1=O)C(=O)OC. The number of likely N-dealkylation sites (N-methyl/N-ethyl adjacent to an activating group) is 1. The van der Waals surface area contributed by atoms with Crippen LogP contribution in [0.5, 0.6) is 0 Å². The van der Waals surface area contributed by atoms with Crippen LogP contribution in [-0.4, -0.2) is 75.3 Å². The van der Waals surface area contributed by atoms with E-state index < -0.39 is 11.6 Å². The van der Waals surface area contributed by atoms with Crippen LogP contribution in [0.3, 0.4) is 0 Å². The molecule has 9 nitrogen and oxygen atoms in total. The number of carbonyl (C=O) groups excluding carboxylic acids is 4. The molecule has 1 aromatic rings. The number of anilines is 1. The second kappa shape index (κ2) is 19.2. The van der Waals surface area contributed by atoms with Crippen molar-refractivity contribution in [1.29, 1.82) is 0 Å². The zero-order valence-electron chi connectivity index (χ0n) is 27.5. The molecule has 2 saturated heterocycles. The molecule has 3 aliphatic rings. The number of nitrogens with one attached hydrogen (secondary N) is 3. The smallest absolute Gasteiger partial charge is 0.322 e. The molecule has 2 amide bonds. The van der Waals surface area contributed by atoms with Gasteiger partial charge in [-0.3, -0.25) is 14.4 Å². The second-order valence-corrected chi connectivity index (χ2v) is 12.6. The topological polar surface area (TPSA) is 117 Å². The van der Waals surface area contributed by atoms with Crippen molar-refractivity contribution in [3.05, 3.63) is 29.8 Å². The third-order valence-electron chi connectivity index (χ3n) is 7.50. The molecule has 3 fully saturated rings. The van der Waals surface area contributed by atoms with E-state index in [1.54, 1.807) is 7.05 Å². The van der Waals surface area contributed by atoms with Crippen LogP contribution in [0.4, 0.5) is 14.5 Å². The van der Waals surface area contributed by atoms with Gasteiger partial charge in [0.25, 0.3) is 0 Å². The number of likely N-dealkylation sites (tertiary alicyclic amines) is 1. The summed E-state index contributed by atoms with van der Waals surface area (Å²) in [5.74, 6) is 0.0986. The lowest BCUT2D eigenvalue weighted by Crippen LogP contribution is -2.38. The number of methoxy groups -OCH3 is 1. The lowest BCUT2D eigenvalue weighted by molar-refractivity contribution is -0.143. The van der Waals surface area contributed by atoms with E-state index in [2.05, 4.69) is 62.2 Å². The lowest BCUT2D eigenvalue weighted by atomic mass is 9.84. The van der Waals surface area contributed by atoms with E-state index in [1.807, 2.05) is 18.6 Å². The standard InChI is InChI=1S/C11H18N2O3.C8H9F2N.C8H15NO.C4H10.CH2O/c1-12-8(10(15)16-2)5-7-6-11(3-4-11)13-9(7)14;1-2-11-8-4-3-6(9)5-7(8)10;1-7-4-9(6-10)5-8(7,2)3;1-4(2)3;1-2/h7-8,12H,3-6H2,1-2H3,(H,13,14);3-5,11H,2H2,1H3;6-7H,4-5H2,1-3H3;4H,1-3H3;1H2. The van der Waals surface area contributed by atoms with Gasteiger partial charge < -0.3 is 30.4 Å². The van der Waals surface area contributed by atoms with Gasteiger partial charge in [-0.2, -0.15) is 0 Å². The average Bonchev–Trinajstić information content (AvgIpc) is 3.55. The van der Waals surface area contributed by atoms with Crippen molar-refractivity contribution in [3.8, 4) is 0 Å². The molecule has 3 N–H and O–H groups in total. The van der Waals surface area contributed by atoms with E-state index in [0.717, 1.165) is 50.7 Å². The van der Waals surface area contributed by atoms with Gasteiger partial charge in [0.15, 0.2) is 0 Å². The number of halogens is 2. The Kier molecular flexibility index (Phi) is 17.9. The Morgan fingerprint density at radius 3 is 2.16 bits per heavy atom. The zero-order chi connectivity index (χ0) is 33.4. The van der Waals surface area contributed by atoms with Crippen molar-refractivity contribution < 1.29 is 32.7 Å². The normalized spacial score (nSPS) is 20.8. The van der Waals surface area contributed by atoms with Gasteiger partial charge in [0.1, 0.15) is 24.5 Å². The van der Waals surface area contributed by atoms with Crippen LogP contribution in [-0.2, 0) is 23.9 Å². The summed E-state index contributed by atoms with van der Waals surface area (Å²) in [6, 6.07) is 3.09. The molecule has 0 bridgehead atoms. The first-order valence-electron chi connectivity index (χ1n) is 14.9. The molecule has 0 aromatic heterocycles. The maximum absolute atomic E-state index is 12.7. The van der Waals surface area contributed by atoms with E-state index in [9.17, 15) is 23.2 Å². The number of hydrogen-bond donors (Lipinski definition) is 3. The van der Waals surface area contributed by atoms with Crippen molar-refractivity contribution in [2.45, 2.75) is 85.7 Å². The van der Waals surface area contributed by atoms with Crippen LogP contribution >= 0.6 is 0 Å². The van der Waals surface area contributed by atoms with E-state index in [1.165, 1.54) is 19.2 Å². The molecule has 1 aliphatic carbocycles. The van der Waals surface area contributed by atoms with E-state index in [4.69, 9.17) is 4.79 Å². The van der Waals surface area contributed by atoms with Crippen molar-refractivity contribution in [1.82, 2.24) is 15.5 Å². The summed E-state index contributed by atoms with van der Waals surface area (Å²) in [5.41, 5.74) is 0.741. The third-order valence-corrected chi connectivity index (χ3v) is 7.50. The van der Waals surface area contributed by atoms with Crippen LogP contribution in [0.2, 0.25) is 0 Å². The fourth-order valence-corrected chi connectivity index (χ4v) is 4.65. The number of amides is 2. The maximum Gasteiger partial charge on any atom is 0.322 e. The highest BCUT2D eigenvalue weighted by atomic mass is 19.1. The van der Waals surface area contributed by atoms with Crippen molar-refractivity contribution in [3.63, 3.8) is 0 Å². The molecular formula is C32H54F2N4O5. The van der Waals surface area contributed by atoms with Crippen LogP contribution in [0.15, 0.2) is 18.2 Å². The summed E-state index contributed by atoms with van der Waals surface area (Å²) >= 11 is 0. The van der Waals surface area contributed by atoms with Crippen molar-refractivity contribution >= 4 is 30.8 Å².